The van der Waals surface area contributed by atoms with Crippen LogP contribution in [0.25, 0.3) is 11.0 Å². The van der Waals surface area contributed by atoms with Gasteiger partial charge in [0.05, 0.1) is 0 Å². The minimum atomic E-state index is 0. The number of fused-ring (bicyclic) bond motifs is 1. The van der Waals surface area contributed by atoms with Crippen LogP contribution in [0.3, 0.4) is 0 Å². The first-order valence-corrected chi connectivity index (χ1v) is 5.22. The first-order valence-electron chi connectivity index (χ1n) is 5.22. The zero-order chi connectivity index (χ0) is 12.4. The second-order valence-corrected chi connectivity index (χ2v) is 3.52. The second kappa shape index (κ2) is 5.50. The number of nitrogens with two attached hydrogens (primary N) is 3. The molecule has 98 valence electrons. The Labute approximate surface area is 110 Å². The smallest absolute Gasteiger partial charge is 0.225 e. The second-order valence-electron chi connectivity index (χ2n) is 3.52. The number of nitrogens with zero attached hydrogens (tertiary/aromatic N) is 4. The van der Waals surface area contributed by atoms with Crippen LogP contribution in [0.1, 0.15) is 13.3 Å². The predicted molar refractivity (Wildman–Crippen MR) is 74.4 cm³/mol. The average molecular weight is 271 g/mol. The van der Waals surface area contributed by atoms with Gasteiger partial charge in [0.15, 0.2) is 11.6 Å². The fourth-order valence-electron chi connectivity index (χ4n) is 1.39. The fourth-order valence-corrected chi connectivity index (χ4v) is 1.39. The van der Waals surface area contributed by atoms with Crippen molar-refractivity contribution in [1.29, 1.82) is 0 Å². The molecule has 8 nitrogen and oxygen atoms in total. The first-order chi connectivity index (χ1) is 8.11. The summed E-state index contributed by atoms with van der Waals surface area (Å²) in [5, 5.41) is 3.02. The van der Waals surface area contributed by atoms with Gasteiger partial charge in [0.1, 0.15) is 11.0 Å². The number of aromatic nitrogens is 4. The lowest BCUT2D eigenvalue weighted by atomic mass is 10.4. The third kappa shape index (κ3) is 2.59. The molecule has 2 aromatic heterocycles. The van der Waals surface area contributed by atoms with Crippen molar-refractivity contribution in [1.82, 2.24) is 19.9 Å². The molecule has 0 unspecified atom stereocenters. The highest BCUT2D eigenvalue weighted by Gasteiger charge is 2.11. The monoisotopic (exact) mass is 270 g/mol. The number of hydrogen-bond acceptors (Lipinski definition) is 8. The Morgan fingerprint density at radius 2 is 1.56 bits per heavy atom. The molecule has 0 saturated heterocycles. The predicted octanol–water partition coefficient (Wildman–Crippen LogP) is 0.410. The molecular weight excluding hydrogens is 256 g/mol. The van der Waals surface area contributed by atoms with Crippen LogP contribution in [-0.4, -0.2) is 26.5 Å². The third-order valence-electron chi connectivity index (χ3n) is 2.15. The van der Waals surface area contributed by atoms with E-state index in [1.807, 2.05) is 6.92 Å². The number of nitrogen functional groups attached to an aromatic ring is 3. The van der Waals surface area contributed by atoms with E-state index in [1.54, 1.807) is 0 Å². The van der Waals surface area contributed by atoms with E-state index in [0.717, 1.165) is 13.0 Å². The molecular formula is C9H15ClN8. The molecule has 2 aromatic rings. The Morgan fingerprint density at radius 1 is 0.944 bits per heavy atom. The summed E-state index contributed by atoms with van der Waals surface area (Å²) in [5.74, 6) is 0.895. The average Bonchev–Trinajstić information content (AvgIpc) is 2.28. The largest absolute Gasteiger partial charge is 0.382 e. The Hall–Kier alpha value is -2.09. The minimum absolute atomic E-state index is 0. The topological polar surface area (TPSA) is 142 Å². The van der Waals surface area contributed by atoms with Gasteiger partial charge in [-0.05, 0) is 6.42 Å². The highest BCUT2D eigenvalue weighted by atomic mass is 35.5. The Balaban J connectivity index is 0.00000162. The molecule has 2 heterocycles. The number of nitrogens with one attached hydrogen (secondary N) is 1. The van der Waals surface area contributed by atoms with E-state index < -0.39 is 0 Å². The summed E-state index contributed by atoms with van der Waals surface area (Å²) in [6.07, 6.45) is 0.953. The van der Waals surface area contributed by atoms with Crippen LogP contribution in [0.5, 0.6) is 0 Å². The molecule has 0 atom stereocenters. The maximum absolute atomic E-state index is 5.77. The molecule has 0 aromatic carbocycles. The van der Waals surface area contributed by atoms with Crippen LogP contribution in [0.4, 0.5) is 23.5 Å². The van der Waals surface area contributed by atoms with E-state index in [2.05, 4.69) is 25.3 Å². The van der Waals surface area contributed by atoms with Crippen LogP contribution in [-0.2, 0) is 0 Å². The molecule has 9 heteroatoms. The van der Waals surface area contributed by atoms with Gasteiger partial charge in [-0.3, -0.25) is 0 Å². The van der Waals surface area contributed by atoms with E-state index in [-0.39, 0.29) is 30.0 Å². The minimum Gasteiger partial charge on any atom is -0.382 e. The molecule has 0 bridgehead atoms. The summed E-state index contributed by atoms with van der Waals surface area (Å²) in [6.45, 7) is 2.79. The molecule has 0 spiro atoms. The maximum atomic E-state index is 5.77. The first kappa shape index (κ1) is 14.0. The van der Waals surface area contributed by atoms with Crippen molar-refractivity contribution < 1.29 is 0 Å². The van der Waals surface area contributed by atoms with Gasteiger partial charge in [-0.15, -0.1) is 12.4 Å². The number of hydrogen-bond donors (Lipinski definition) is 4. The Kier molecular flexibility index (Phi) is 4.27. The number of rotatable bonds is 3. The molecule has 0 fully saturated rings. The molecule has 0 radical (unpaired) electrons. The lowest BCUT2D eigenvalue weighted by Gasteiger charge is -2.07. The maximum Gasteiger partial charge on any atom is 0.225 e. The van der Waals surface area contributed by atoms with Crippen LogP contribution >= 0.6 is 12.4 Å². The van der Waals surface area contributed by atoms with Gasteiger partial charge in [-0.1, -0.05) is 6.92 Å². The van der Waals surface area contributed by atoms with Crippen molar-refractivity contribution in [2.75, 3.05) is 29.1 Å². The van der Waals surface area contributed by atoms with Gasteiger partial charge >= 0.3 is 0 Å². The van der Waals surface area contributed by atoms with Crippen LogP contribution in [0.15, 0.2) is 0 Å². The van der Waals surface area contributed by atoms with Crippen LogP contribution in [0, 0.1) is 0 Å². The molecule has 0 aliphatic heterocycles. The van der Waals surface area contributed by atoms with Gasteiger partial charge < -0.3 is 22.5 Å². The Bertz CT molecular complexity index is 558. The molecule has 0 saturated carbocycles. The summed E-state index contributed by atoms with van der Waals surface area (Å²) in [5.41, 5.74) is 17.8. The number of halogens is 1. The van der Waals surface area contributed by atoms with E-state index >= 15 is 0 Å². The fraction of sp³-hybridized carbons (Fsp3) is 0.333. The SMILES string of the molecule is CCCNc1nc(N)c2nc(N)nc(N)c2n1.Cl. The third-order valence-corrected chi connectivity index (χ3v) is 2.15. The zero-order valence-corrected chi connectivity index (χ0v) is 10.7. The van der Waals surface area contributed by atoms with Gasteiger partial charge in [0.2, 0.25) is 11.9 Å². The standard InChI is InChI=1S/C9H14N8.ClH/c1-2-3-13-9-15-5-4(7(11)17-9)14-8(12)16-6(5)10;/h2-3H2,1H3,(H4,10,12,14,16)(H3,11,13,15,17);1H. The highest BCUT2D eigenvalue weighted by Crippen LogP contribution is 2.22. The summed E-state index contributed by atoms with van der Waals surface area (Å²) in [4.78, 5) is 16.1. The quantitative estimate of drug-likeness (QED) is 0.628. The summed E-state index contributed by atoms with van der Waals surface area (Å²) >= 11 is 0. The Morgan fingerprint density at radius 3 is 2.22 bits per heavy atom. The molecule has 0 aliphatic carbocycles. The molecule has 0 amide bonds. The summed E-state index contributed by atoms with van der Waals surface area (Å²) < 4.78 is 0. The lowest BCUT2D eigenvalue weighted by molar-refractivity contribution is 0.957. The summed E-state index contributed by atoms with van der Waals surface area (Å²) in [6, 6.07) is 0. The van der Waals surface area contributed by atoms with Crippen molar-refractivity contribution in [2.45, 2.75) is 13.3 Å². The van der Waals surface area contributed by atoms with Crippen molar-refractivity contribution in [3.63, 3.8) is 0 Å². The van der Waals surface area contributed by atoms with E-state index in [4.69, 9.17) is 17.2 Å². The zero-order valence-electron chi connectivity index (χ0n) is 9.84. The van der Waals surface area contributed by atoms with Crippen LogP contribution < -0.4 is 22.5 Å². The van der Waals surface area contributed by atoms with E-state index in [9.17, 15) is 0 Å². The lowest BCUT2D eigenvalue weighted by Crippen LogP contribution is -2.09. The van der Waals surface area contributed by atoms with Gasteiger partial charge in [-0.25, -0.2) is 9.97 Å². The molecule has 7 N–H and O–H groups in total. The van der Waals surface area contributed by atoms with Gasteiger partial charge in [0, 0.05) is 6.54 Å². The van der Waals surface area contributed by atoms with E-state index in [1.165, 1.54) is 0 Å². The van der Waals surface area contributed by atoms with Crippen molar-refractivity contribution >= 4 is 47.0 Å². The van der Waals surface area contributed by atoms with E-state index in [0.29, 0.717) is 17.0 Å². The highest BCUT2D eigenvalue weighted by molar-refractivity contribution is 5.92. The molecule has 2 rings (SSSR count). The van der Waals surface area contributed by atoms with Crippen molar-refractivity contribution in [3.05, 3.63) is 0 Å². The van der Waals surface area contributed by atoms with Crippen LogP contribution in [0.2, 0.25) is 0 Å². The van der Waals surface area contributed by atoms with Crippen molar-refractivity contribution in [2.24, 2.45) is 0 Å². The normalized spacial score (nSPS) is 10.1. The molecule has 0 aliphatic rings. The van der Waals surface area contributed by atoms with Crippen molar-refractivity contribution in [3.8, 4) is 0 Å². The molecule has 18 heavy (non-hydrogen) atoms. The van der Waals surface area contributed by atoms with Gasteiger partial charge in [0.25, 0.3) is 0 Å². The van der Waals surface area contributed by atoms with Gasteiger partial charge in [-0.2, -0.15) is 9.97 Å². The summed E-state index contributed by atoms with van der Waals surface area (Å²) in [7, 11) is 0. The number of anilines is 4.